The van der Waals surface area contributed by atoms with Crippen molar-refractivity contribution in [3.05, 3.63) is 70.6 Å². The third-order valence-electron chi connectivity index (χ3n) is 4.96. The maximum Gasteiger partial charge on any atom is 0.251 e. The number of ketones is 1. The summed E-state index contributed by atoms with van der Waals surface area (Å²) in [7, 11) is 0. The highest BCUT2D eigenvalue weighted by Gasteiger charge is 2.12. The van der Waals surface area contributed by atoms with Crippen LogP contribution < -0.4 is 10.1 Å². The molecule has 0 saturated heterocycles. The second-order valence-electron chi connectivity index (χ2n) is 8.30. The van der Waals surface area contributed by atoms with Crippen molar-refractivity contribution in [3.8, 4) is 17.0 Å². The van der Waals surface area contributed by atoms with E-state index in [-0.39, 0.29) is 24.4 Å². The van der Waals surface area contributed by atoms with Gasteiger partial charge in [-0.25, -0.2) is 4.98 Å². The lowest BCUT2D eigenvalue weighted by atomic mass is 10.1. The van der Waals surface area contributed by atoms with Crippen molar-refractivity contribution in [3.63, 3.8) is 0 Å². The van der Waals surface area contributed by atoms with Gasteiger partial charge in [0.1, 0.15) is 5.75 Å². The minimum absolute atomic E-state index is 0.00483. The largest absolute Gasteiger partial charge is 0.489 e. The molecule has 0 fully saturated rings. The number of hydrogen-bond donors (Lipinski definition) is 2. The first-order valence-corrected chi connectivity index (χ1v) is 13.0. The van der Waals surface area contributed by atoms with Crippen LogP contribution >= 0.6 is 11.6 Å². The predicted molar refractivity (Wildman–Crippen MR) is 151 cm³/mol. The summed E-state index contributed by atoms with van der Waals surface area (Å²) in [5.74, 6) is 0.897. The molecule has 0 bridgehead atoms. The van der Waals surface area contributed by atoms with Gasteiger partial charge in [0, 0.05) is 43.9 Å². The summed E-state index contributed by atoms with van der Waals surface area (Å²) in [6, 6.07) is 13.1. The third-order valence-corrected chi connectivity index (χ3v) is 5.25. The van der Waals surface area contributed by atoms with Crippen molar-refractivity contribution in [2.75, 3.05) is 13.2 Å². The van der Waals surface area contributed by atoms with Gasteiger partial charge in [0.05, 0.1) is 16.8 Å². The number of ether oxygens (including phenoxy) is 1. The number of halogens is 1. The Balaban J connectivity index is 0.000000347. The third kappa shape index (κ3) is 10.4. The number of hydrogen-bond acceptors (Lipinski definition) is 5. The second-order valence-corrected chi connectivity index (χ2v) is 8.71. The Morgan fingerprint density at radius 3 is 2.27 bits per heavy atom. The molecule has 0 spiro atoms. The van der Waals surface area contributed by atoms with Crippen LogP contribution in [0.3, 0.4) is 0 Å². The molecule has 37 heavy (non-hydrogen) atoms. The number of rotatable bonds is 9. The van der Waals surface area contributed by atoms with Crippen LogP contribution in [0.1, 0.15) is 74.5 Å². The molecule has 3 rings (SSSR count). The molecule has 1 aromatic heterocycles. The lowest BCUT2D eigenvalue weighted by molar-refractivity contribution is 0.0949. The van der Waals surface area contributed by atoms with Crippen molar-refractivity contribution in [1.29, 1.82) is 0 Å². The summed E-state index contributed by atoms with van der Waals surface area (Å²) in [5.41, 5.74) is 3.60. The smallest absolute Gasteiger partial charge is 0.251 e. The lowest BCUT2D eigenvalue weighted by Crippen LogP contribution is -2.25. The summed E-state index contributed by atoms with van der Waals surface area (Å²) in [6.45, 7) is 14.7. The van der Waals surface area contributed by atoms with E-state index in [0.29, 0.717) is 35.1 Å². The van der Waals surface area contributed by atoms with Crippen LogP contribution in [0.2, 0.25) is 5.02 Å². The molecular weight excluding hydrogens is 490 g/mol. The second kappa shape index (κ2) is 16.6. The number of imidazole rings is 1. The molecule has 1 heterocycles. The molecule has 2 aromatic carbocycles. The van der Waals surface area contributed by atoms with Gasteiger partial charge in [0.2, 0.25) is 0 Å². The molecular formula is C29H40ClN3O4. The first-order valence-electron chi connectivity index (χ1n) is 12.7. The Hall–Kier alpha value is -3.16. The molecule has 0 radical (unpaired) electrons. The first-order chi connectivity index (χ1) is 17.7. The number of carbonyl (C=O) groups excluding carboxylic acids is 2. The Kier molecular flexibility index (Phi) is 14.3. The molecule has 1 amide bonds. The minimum Gasteiger partial charge on any atom is -0.489 e. The highest BCUT2D eigenvalue weighted by molar-refractivity contribution is 6.32. The van der Waals surface area contributed by atoms with Gasteiger partial charge in [-0.15, -0.1) is 0 Å². The summed E-state index contributed by atoms with van der Waals surface area (Å²) in [4.78, 5) is 27.5. The molecule has 0 aliphatic heterocycles. The quantitative estimate of drug-likeness (QED) is 0.249. The van der Waals surface area contributed by atoms with E-state index in [9.17, 15) is 9.59 Å². The summed E-state index contributed by atoms with van der Waals surface area (Å²) >= 11 is 6.03. The molecule has 7 nitrogen and oxygen atoms in total. The average molecular weight is 530 g/mol. The Morgan fingerprint density at radius 1 is 1.14 bits per heavy atom. The van der Waals surface area contributed by atoms with Gasteiger partial charge < -0.3 is 19.7 Å². The number of Topliss-reactive ketones (excluding diaryl/α,β-unsaturated/α-hetero) is 1. The maximum absolute atomic E-state index is 11.7. The summed E-state index contributed by atoms with van der Waals surface area (Å²) in [5, 5.41) is 11.7. The summed E-state index contributed by atoms with van der Waals surface area (Å²) < 4.78 is 7.37. The molecule has 0 unspecified atom stereocenters. The maximum atomic E-state index is 11.7. The number of carbonyl (C=O) groups is 2. The number of aromatic nitrogens is 2. The number of nitrogens with one attached hydrogen (secondary N) is 1. The molecule has 0 saturated carbocycles. The van der Waals surface area contributed by atoms with Gasteiger partial charge in [0.15, 0.2) is 11.6 Å². The van der Waals surface area contributed by atoms with Crippen LogP contribution in [0.15, 0.2) is 48.7 Å². The van der Waals surface area contributed by atoms with Crippen LogP contribution in [0, 0.1) is 6.92 Å². The number of benzene rings is 2. The van der Waals surface area contributed by atoms with Gasteiger partial charge in [-0.2, -0.15) is 0 Å². The van der Waals surface area contributed by atoms with Crippen molar-refractivity contribution < 1.29 is 19.4 Å². The molecule has 0 atom stereocenters. The Labute approximate surface area is 225 Å². The number of nitrogens with zero attached hydrogens (tertiary/aromatic N) is 2. The van der Waals surface area contributed by atoms with E-state index in [2.05, 4.69) is 17.2 Å². The number of aliphatic hydroxyl groups is 1. The van der Waals surface area contributed by atoms with Crippen LogP contribution in [0.5, 0.6) is 5.75 Å². The fourth-order valence-electron chi connectivity index (χ4n) is 3.18. The topological polar surface area (TPSA) is 93.4 Å². The zero-order valence-electron chi connectivity index (χ0n) is 23.0. The van der Waals surface area contributed by atoms with Gasteiger partial charge >= 0.3 is 0 Å². The van der Waals surface area contributed by atoms with Crippen LogP contribution in [0.4, 0.5) is 0 Å². The minimum atomic E-state index is -0.207. The van der Waals surface area contributed by atoms with Crippen LogP contribution in [-0.2, 0) is 6.54 Å². The van der Waals surface area contributed by atoms with Gasteiger partial charge in [-0.05, 0) is 52.3 Å². The highest BCUT2D eigenvalue weighted by Crippen LogP contribution is 2.26. The van der Waals surface area contributed by atoms with E-state index >= 15 is 0 Å². The van der Waals surface area contributed by atoms with Gasteiger partial charge in [-0.3, -0.25) is 9.59 Å². The number of amides is 1. The van der Waals surface area contributed by atoms with Crippen molar-refractivity contribution >= 4 is 23.3 Å². The van der Waals surface area contributed by atoms with Crippen molar-refractivity contribution in [1.82, 2.24) is 14.9 Å². The Bertz CT molecular complexity index is 1120. The first kappa shape index (κ1) is 31.9. The molecule has 0 aliphatic rings. The van der Waals surface area contributed by atoms with E-state index in [1.165, 1.54) is 5.56 Å². The SMILES string of the molecule is CC.CC(C)Oc1ccc(C(=O)NCCCO)cc1Cl.CCn1cc(-c2ccc(C)cc2)nc1C(C)=O. The fraction of sp³-hybridized carbons (Fsp3) is 0.414. The van der Waals surface area contributed by atoms with Gasteiger partial charge in [0.25, 0.3) is 5.91 Å². The highest BCUT2D eigenvalue weighted by atomic mass is 35.5. The normalized spacial score (nSPS) is 10.1. The van der Waals surface area contributed by atoms with E-state index in [1.54, 1.807) is 25.1 Å². The van der Waals surface area contributed by atoms with Crippen molar-refractivity contribution in [2.45, 2.75) is 67.5 Å². The molecule has 202 valence electrons. The molecule has 8 heteroatoms. The predicted octanol–water partition coefficient (Wildman–Crippen LogP) is 6.35. The Morgan fingerprint density at radius 2 is 1.78 bits per heavy atom. The standard InChI is InChI=1S/C14H16N2O.C13H18ClNO3.C2H6/c1-4-16-9-13(15-14(16)11(3)17)12-7-5-10(2)6-8-12;1-9(2)18-12-5-4-10(8-11(12)14)13(17)15-6-3-7-16;1-2/h5-9H,4H2,1-3H3;4-5,8-9,16H,3,6-7H2,1-2H3,(H,15,17);1-2H3. The average Bonchev–Trinajstić information content (AvgIpc) is 3.32. The summed E-state index contributed by atoms with van der Waals surface area (Å²) in [6.07, 6.45) is 2.50. The van der Waals surface area contributed by atoms with Gasteiger partial charge in [-0.1, -0.05) is 55.3 Å². The van der Waals surface area contributed by atoms with Crippen molar-refractivity contribution in [2.24, 2.45) is 0 Å². The van der Waals surface area contributed by atoms with Crippen LogP contribution in [0.25, 0.3) is 11.3 Å². The molecule has 3 aromatic rings. The zero-order chi connectivity index (χ0) is 28.0. The number of aliphatic hydroxyl groups excluding tert-OH is 1. The molecule has 0 aliphatic carbocycles. The number of aryl methyl sites for hydroxylation is 2. The lowest BCUT2D eigenvalue weighted by Gasteiger charge is -2.12. The molecule has 2 N–H and O–H groups in total. The van der Waals surface area contributed by atoms with E-state index in [0.717, 1.165) is 17.8 Å². The van der Waals surface area contributed by atoms with E-state index < -0.39 is 0 Å². The fourth-order valence-corrected chi connectivity index (χ4v) is 3.40. The van der Waals surface area contributed by atoms with E-state index in [4.69, 9.17) is 21.4 Å². The van der Waals surface area contributed by atoms with E-state index in [1.807, 2.05) is 69.6 Å². The zero-order valence-corrected chi connectivity index (χ0v) is 23.7. The van der Waals surface area contributed by atoms with Crippen LogP contribution in [-0.4, -0.2) is 45.6 Å². The monoisotopic (exact) mass is 529 g/mol.